The first-order chi connectivity index (χ1) is 8.33. The molecule has 2 aromatic carbocycles. The quantitative estimate of drug-likeness (QED) is 0.718. The molecule has 2 aromatic rings. The Hall–Kier alpha value is -1.86. The van der Waals surface area contributed by atoms with Crippen molar-refractivity contribution in [2.45, 2.75) is 5.60 Å². The molecule has 1 heteroatoms. The number of benzene rings is 2. The van der Waals surface area contributed by atoms with Crippen LogP contribution < -0.4 is 0 Å². The summed E-state index contributed by atoms with van der Waals surface area (Å²) >= 11 is 0. The van der Waals surface area contributed by atoms with Gasteiger partial charge in [0.25, 0.3) is 0 Å². The molecule has 0 saturated carbocycles. The summed E-state index contributed by atoms with van der Waals surface area (Å²) in [5, 5.41) is 0. The lowest BCUT2D eigenvalue weighted by Crippen LogP contribution is -2.27. The highest BCUT2D eigenvalue weighted by molar-refractivity contribution is 5.40. The van der Waals surface area contributed by atoms with Crippen LogP contribution in [0.1, 0.15) is 11.1 Å². The minimum Gasteiger partial charge on any atom is -0.365 e. The Morgan fingerprint density at radius 2 is 1.29 bits per heavy atom. The third-order valence-electron chi connectivity index (χ3n) is 3.01. The summed E-state index contributed by atoms with van der Waals surface area (Å²) in [4.78, 5) is 0. The van der Waals surface area contributed by atoms with E-state index in [2.05, 4.69) is 30.8 Å². The summed E-state index contributed by atoms with van der Waals surface area (Å²) < 4.78 is 5.74. The second-order valence-electron chi connectivity index (χ2n) is 3.88. The number of hydrogen-bond donors (Lipinski definition) is 0. The standard InChI is InChI=1S/C16H16O/c1-3-16(17-2,14-10-6-4-7-11-14)15-12-8-5-9-13-15/h3-13H,1H2,2H3. The van der Waals surface area contributed by atoms with Gasteiger partial charge in [-0.25, -0.2) is 0 Å². The van der Waals surface area contributed by atoms with Gasteiger partial charge in [0.1, 0.15) is 5.60 Å². The van der Waals surface area contributed by atoms with E-state index in [1.54, 1.807) is 7.11 Å². The monoisotopic (exact) mass is 224 g/mol. The molecule has 0 N–H and O–H groups in total. The third kappa shape index (κ3) is 2.02. The summed E-state index contributed by atoms with van der Waals surface area (Å²) in [5.41, 5.74) is 1.61. The van der Waals surface area contributed by atoms with E-state index < -0.39 is 5.60 Å². The zero-order valence-electron chi connectivity index (χ0n) is 9.97. The summed E-state index contributed by atoms with van der Waals surface area (Å²) in [5.74, 6) is 0. The third-order valence-corrected chi connectivity index (χ3v) is 3.01. The van der Waals surface area contributed by atoms with Crippen LogP contribution in [0.2, 0.25) is 0 Å². The highest BCUT2D eigenvalue weighted by atomic mass is 16.5. The van der Waals surface area contributed by atoms with E-state index in [4.69, 9.17) is 4.74 Å². The molecule has 0 aliphatic carbocycles. The molecule has 0 aliphatic rings. The minimum absolute atomic E-state index is 0.567. The molecule has 2 rings (SSSR count). The van der Waals surface area contributed by atoms with Gasteiger partial charge < -0.3 is 4.74 Å². The van der Waals surface area contributed by atoms with E-state index in [0.29, 0.717) is 0 Å². The molecule has 17 heavy (non-hydrogen) atoms. The number of rotatable bonds is 4. The molecule has 1 nitrogen and oxygen atoms in total. The Kier molecular flexibility index (Phi) is 3.40. The van der Waals surface area contributed by atoms with Gasteiger partial charge in [-0.1, -0.05) is 73.3 Å². The van der Waals surface area contributed by atoms with Crippen LogP contribution in [-0.4, -0.2) is 7.11 Å². The topological polar surface area (TPSA) is 9.23 Å². The lowest BCUT2D eigenvalue weighted by atomic mass is 9.86. The maximum absolute atomic E-state index is 5.74. The number of hydrogen-bond acceptors (Lipinski definition) is 1. The average molecular weight is 224 g/mol. The molecule has 0 heterocycles. The van der Waals surface area contributed by atoms with Crippen LogP contribution in [-0.2, 0) is 10.3 Å². The molecule has 0 aromatic heterocycles. The highest BCUT2D eigenvalue weighted by Gasteiger charge is 2.30. The fourth-order valence-electron chi connectivity index (χ4n) is 2.09. The SMILES string of the molecule is C=CC(OC)(c1ccccc1)c1ccccc1. The van der Waals surface area contributed by atoms with Crippen molar-refractivity contribution in [3.8, 4) is 0 Å². The Labute approximate surface area is 102 Å². The van der Waals surface area contributed by atoms with E-state index in [1.807, 2.05) is 42.5 Å². The van der Waals surface area contributed by atoms with Crippen LogP contribution in [0.4, 0.5) is 0 Å². The maximum atomic E-state index is 5.74. The van der Waals surface area contributed by atoms with Gasteiger partial charge in [0.05, 0.1) is 0 Å². The predicted octanol–water partition coefficient (Wildman–Crippen LogP) is 3.76. The Balaban J connectivity index is 2.58. The fourth-order valence-corrected chi connectivity index (χ4v) is 2.09. The van der Waals surface area contributed by atoms with Crippen molar-refractivity contribution >= 4 is 0 Å². The van der Waals surface area contributed by atoms with Crippen molar-refractivity contribution in [3.05, 3.63) is 84.4 Å². The van der Waals surface area contributed by atoms with Crippen LogP contribution in [0, 0.1) is 0 Å². The fraction of sp³-hybridized carbons (Fsp3) is 0.125. The Morgan fingerprint density at radius 1 is 0.882 bits per heavy atom. The first-order valence-electron chi connectivity index (χ1n) is 5.63. The van der Waals surface area contributed by atoms with Crippen molar-refractivity contribution in [2.75, 3.05) is 7.11 Å². The Morgan fingerprint density at radius 3 is 1.59 bits per heavy atom. The van der Waals surface area contributed by atoms with Crippen molar-refractivity contribution in [2.24, 2.45) is 0 Å². The van der Waals surface area contributed by atoms with E-state index >= 15 is 0 Å². The summed E-state index contributed by atoms with van der Waals surface area (Å²) in [7, 11) is 1.71. The first kappa shape index (κ1) is 11.6. The lowest BCUT2D eigenvalue weighted by Gasteiger charge is -2.30. The van der Waals surface area contributed by atoms with Gasteiger partial charge in [0, 0.05) is 7.11 Å². The normalized spacial score (nSPS) is 11.1. The van der Waals surface area contributed by atoms with Crippen LogP contribution in [0.25, 0.3) is 0 Å². The molecule has 0 atom stereocenters. The predicted molar refractivity (Wildman–Crippen MR) is 70.9 cm³/mol. The van der Waals surface area contributed by atoms with Gasteiger partial charge in [0.15, 0.2) is 0 Å². The van der Waals surface area contributed by atoms with E-state index in [1.165, 1.54) is 0 Å². The van der Waals surface area contributed by atoms with Crippen LogP contribution in [0.3, 0.4) is 0 Å². The van der Waals surface area contributed by atoms with E-state index in [9.17, 15) is 0 Å². The molecule has 86 valence electrons. The van der Waals surface area contributed by atoms with Gasteiger partial charge >= 0.3 is 0 Å². The van der Waals surface area contributed by atoms with Gasteiger partial charge in [-0.3, -0.25) is 0 Å². The summed E-state index contributed by atoms with van der Waals surface area (Å²) in [6.45, 7) is 3.93. The molecule has 0 bridgehead atoms. The van der Waals surface area contributed by atoms with E-state index in [0.717, 1.165) is 11.1 Å². The molecule has 0 unspecified atom stereocenters. The van der Waals surface area contributed by atoms with Crippen LogP contribution in [0.15, 0.2) is 73.3 Å². The van der Waals surface area contributed by atoms with Crippen molar-refractivity contribution in [1.29, 1.82) is 0 Å². The van der Waals surface area contributed by atoms with E-state index in [-0.39, 0.29) is 0 Å². The smallest absolute Gasteiger partial charge is 0.136 e. The summed E-state index contributed by atoms with van der Waals surface area (Å²) in [6, 6.07) is 20.2. The zero-order chi connectivity index (χ0) is 12.1. The van der Waals surface area contributed by atoms with Gasteiger partial charge in [0.2, 0.25) is 0 Å². The Bertz CT molecular complexity index is 434. The van der Waals surface area contributed by atoms with Crippen molar-refractivity contribution < 1.29 is 4.74 Å². The molecule has 0 spiro atoms. The van der Waals surface area contributed by atoms with Gasteiger partial charge in [-0.05, 0) is 11.1 Å². The second-order valence-corrected chi connectivity index (χ2v) is 3.88. The number of ether oxygens (including phenoxy) is 1. The minimum atomic E-state index is -0.567. The molecular weight excluding hydrogens is 208 g/mol. The maximum Gasteiger partial charge on any atom is 0.136 e. The highest BCUT2D eigenvalue weighted by Crippen LogP contribution is 2.33. The molecule has 0 saturated heterocycles. The molecular formula is C16H16O. The molecule has 0 amide bonds. The van der Waals surface area contributed by atoms with Crippen molar-refractivity contribution in [3.63, 3.8) is 0 Å². The van der Waals surface area contributed by atoms with Crippen LogP contribution >= 0.6 is 0 Å². The number of methoxy groups -OCH3 is 1. The zero-order valence-corrected chi connectivity index (χ0v) is 9.97. The molecule has 0 fully saturated rings. The molecule has 0 aliphatic heterocycles. The molecule has 0 radical (unpaired) electrons. The van der Waals surface area contributed by atoms with Crippen LogP contribution in [0.5, 0.6) is 0 Å². The summed E-state index contributed by atoms with van der Waals surface area (Å²) in [6.07, 6.45) is 1.84. The van der Waals surface area contributed by atoms with Crippen molar-refractivity contribution in [1.82, 2.24) is 0 Å². The van der Waals surface area contributed by atoms with Gasteiger partial charge in [-0.2, -0.15) is 0 Å². The van der Waals surface area contributed by atoms with Gasteiger partial charge in [-0.15, -0.1) is 0 Å². The second kappa shape index (κ2) is 4.98. The first-order valence-corrected chi connectivity index (χ1v) is 5.63. The average Bonchev–Trinajstić information content (AvgIpc) is 2.43. The largest absolute Gasteiger partial charge is 0.365 e. The lowest BCUT2D eigenvalue weighted by molar-refractivity contribution is 0.0658.